The van der Waals surface area contributed by atoms with Gasteiger partial charge >= 0.3 is 0 Å². The molecule has 0 spiro atoms. The van der Waals surface area contributed by atoms with Crippen molar-refractivity contribution < 1.29 is 9.59 Å². The smallest absolute Gasteiger partial charge is 0.246 e. The summed E-state index contributed by atoms with van der Waals surface area (Å²) in [5, 5.41) is 2.76. The summed E-state index contributed by atoms with van der Waals surface area (Å²) >= 11 is 0. The SMILES string of the molecule is C=CC(=O)N(CC)CC(=O)NCc1nc2ccc(C)cc2[nH]1. The normalized spacial score (nSPS) is 10.5. The molecule has 2 amide bonds. The average Bonchev–Trinajstić information content (AvgIpc) is 2.91. The second-order valence-electron chi connectivity index (χ2n) is 5.04. The van der Waals surface area contributed by atoms with E-state index >= 15 is 0 Å². The number of benzene rings is 1. The number of carbonyl (C=O) groups excluding carboxylic acids is 2. The maximum absolute atomic E-state index is 11.9. The molecule has 0 radical (unpaired) electrons. The summed E-state index contributed by atoms with van der Waals surface area (Å²) < 4.78 is 0. The van der Waals surface area contributed by atoms with Gasteiger partial charge in [-0.25, -0.2) is 4.98 Å². The van der Waals surface area contributed by atoms with Gasteiger partial charge in [0.1, 0.15) is 5.82 Å². The third-order valence-corrected chi connectivity index (χ3v) is 3.34. The lowest BCUT2D eigenvalue weighted by Gasteiger charge is -2.18. The maximum Gasteiger partial charge on any atom is 0.246 e. The lowest BCUT2D eigenvalue weighted by molar-refractivity contribution is -0.132. The van der Waals surface area contributed by atoms with Crippen molar-refractivity contribution in [1.29, 1.82) is 0 Å². The zero-order valence-corrected chi connectivity index (χ0v) is 12.8. The Morgan fingerprint density at radius 2 is 2.23 bits per heavy atom. The van der Waals surface area contributed by atoms with Crippen molar-refractivity contribution in [3.05, 3.63) is 42.2 Å². The van der Waals surface area contributed by atoms with E-state index in [2.05, 4.69) is 21.9 Å². The molecule has 0 saturated heterocycles. The van der Waals surface area contributed by atoms with Crippen molar-refractivity contribution in [3.63, 3.8) is 0 Å². The fourth-order valence-electron chi connectivity index (χ4n) is 2.15. The monoisotopic (exact) mass is 300 g/mol. The average molecular weight is 300 g/mol. The van der Waals surface area contributed by atoms with Crippen LogP contribution in [0, 0.1) is 6.92 Å². The van der Waals surface area contributed by atoms with Crippen molar-refractivity contribution >= 4 is 22.8 Å². The van der Waals surface area contributed by atoms with Crippen LogP contribution in [0.5, 0.6) is 0 Å². The quantitative estimate of drug-likeness (QED) is 0.794. The van der Waals surface area contributed by atoms with E-state index in [-0.39, 0.29) is 18.4 Å². The maximum atomic E-state index is 11.9. The summed E-state index contributed by atoms with van der Waals surface area (Å²) in [4.78, 5) is 32.4. The van der Waals surface area contributed by atoms with E-state index < -0.39 is 0 Å². The third-order valence-electron chi connectivity index (χ3n) is 3.34. The van der Waals surface area contributed by atoms with Crippen LogP contribution >= 0.6 is 0 Å². The molecule has 2 rings (SSSR count). The molecule has 1 aromatic carbocycles. The Kier molecular flexibility index (Phi) is 4.93. The molecule has 0 atom stereocenters. The predicted molar refractivity (Wildman–Crippen MR) is 85.1 cm³/mol. The number of fused-ring (bicyclic) bond motifs is 1. The Hall–Kier alpha value is -2.63. The van der Waals surface area contributed by atoms with Crippen molar-refractivity contribution in [2.75, 3.05) is 13.1 Å². The lowest BCUT2D eigenvalue weighted by Crippen LogP contribution is -2.39. The number of likely N-dealkylation sites (N-methyl/N-ethyl adjacent to an activating group) is 1. The van der Waals surface area contributed by atoms with Crippen molar-refractivity contribution in [2.45, 2.75) is 20.4 Å². The van der Waals surface area contributed by atoms with Gasteiger partial charge in [-0.05, 0) is 37.6 Å². The Balaban J connectivity index is 1.94. The zero-order chi connectivity index (χ0) is 16.1. The van der Waals surface area contributed by atoms with E-state index in [0.29, 0.717) is 18.9 Å². The van der Waals surface area contributed by atoms with Gasteiger partial charge in [-0.1, -0.05) is 12.6 Å². The number of rotatable bonds is 6. The number of aromatic amines is 1. The van der Waals surface area contributed by atoms with Gasteiger partial charge in [-0.3, -0.25) is 9.59 Å². The highest BCUT2D eigenvalue weighted by molar-refractivity contribution is 5.90. The molecule has 0 aliphatic carbocycles. The standard InChI is InChI=1S/C16H20N4O2/c1-4-16(22)20(5-2)10-15(21)17-9-14-18-12-7-6-11(3)8-13(12)19-14/h4,6-8H,1,5,9-10H2,2-3H3,(H,17,21)(H,18,19). The number of H-pyrrole nitrogens is 1. The van der Waals surface area contributed by atoms with Gasteiger partial charge in [-0.2, -0.15) is 0 Å². The third kappa shape index (κ3) is 3.72. The Bertz CT molecular complexity index is 705. The first-order valence-electron chi connectivity index (χ1n) is 7.16. The number of carbonyl (C=O) groups is 2. The van der Waals surface area contributed by atoms with Gasteiger partial charge in [0.25, 0.3) is 0 Å². The van der Waals surface area contributed by atoms with E-state index in [4.69, 9.17) is 0 Å². The molecule has 0 unspecified atom stereocenters. The highest BCUT2D eigenvalue weighted by atomic mass is 16.2. The van der Waals surface area contributed by atoms with Gasteiger partial charge in [0.15, 0.2) is 0 Å². The molecular formula is C16H20N4O2. The van der Waals surface area contributed by atoms with Crippen molar-refractivity contribution in [3.8, 4) is 0 Å². The number of hydrogen-bond donors (Lipinski definition) is 2. The molecule has 6 nitrogen and oxygen atoms in total. The number of amides is 2. The lowest BCUT2D eigenvalue weighted by atomic mass is 10.2. The van der Waals surface area contributed by atoms with Crippen LogP contribution < -0.4 is 5.32 Å². The van der Waals surface area contributed by atoms with Crippen LogP contribution in [0.2, 0.25) is 0 Å². The minimum atomic E-state index is -0.253. The molecule has 116 valence electrons. The van der Waals surface area contributed by atoms with Crippen LogP contribution in [0.4, 0.5) is 0 Å². The minimum Gasteiger partial charge on any atom is -0.347 e. The molecule has 6 heteroatoms. The number of aromatic nitrogens is 2. The topological polar surface area (TPSA) is 78.1 Å². The highest BCUT2D eigenvalue weighted by Crippen LogP contribution is 2.12. The van der Waals surface area contributed by atoms with Crippen LogP contribution in [0.1, 0.15) is 18.3 Å². The second kappa shape index (κ2) is 6.89. The van der Waals surface area contributed by atoms with Crippen LogP contribution in [0.3, 0.4) is 0 Å². The molecule has 0 saturated carbocycles. The Morgan fingerprint density at radius 3 is 2.91 bits per heavy atom. The van der Waals surface area contributed by atoms with Crippen LogP contribution in [-0.2, 0) is 16.1 Å². The highest BCUT2D eigenvalue weighted by Gasteiger charge is 2.13. The molecule has 0 aliphatic rings. The zero-order valence-electron chi connectivity index (χ0n) is 12.8. The van der Waals surface area contributed by atoms with E-state index in [0.717, 1.165) is 16.6 Å². The summed E-state index contributed by atoms with van der Waals surface area (Å²) in [6, 6.07) is 5.94. The van der Waals surface area contributed by atoms with Crippen molar-refractivity contribution in [2.24, 2.45) is 0 Å². The van der Waals surface area contributed by atoms with Crippen molar-refractivity contribution in [1.82, 2.24) is 20.2 Å². The predicted octanol–water partition coefficient (Wildman–Crippen LogP) is 1.52. The summed E-state index contributed by atoms with van der Waals surface area (Å²) in [6.07, 6.45) is 1.21. The summed E-state index contributed by atoms with van der Waals surface area (Å²) in [5.41, 5.74) is 2.96. The van der Waals surface area contributed by atoms with E-state index in [1.165, 1.54) is 11.0 Å². The first-order valence-corrected chi connectivity index (χ1v) is 7.16. The first kappa shape index (κ1) is 15.8. The summed E-state index contributed by atoms with van der Waals surface area (Å²) in [7, 11) is 0. The first-order chi connectivity index (χ1) is 10.5. The van der Waals surface area contributed by atoms with Gasteiger partial charge < -0.3 is 15.2 Å². The fourth-order valence-corrected chi connectivity index (χ4v) is 2.15. The molecule has 0 aliphatic heterocycles. The van der Waals surface area contributed by atoms with Gasteiger partial charge in [0.2, 0.25) is 11.8 Å². The molecule has 0 bridgehead atoms. The molecule has 2 N–H and O–H groups in total. The molecule has 0 fully saturated rings. The Morgan fingerprint density at radius 1 is 1.45 bits per heavy atom. The van der Waals surface area contributed by atoms with Gasteiger partial charge in [0.05, 0.1) is 24.1 Å². The number of aryl methyl sites for hydroxylation is 1. The van der Waals surface area contributed by atoms with Gasteiger partial charge in [0, 0.05) is 6.54 Å². The minimum absolute atomic E-state index is 0.0146. The van der Waals surface area contributed by atoms with E-state index in [1.807, 2.05) is 32.0 Å². The summed E-state index contributed by atoms with van der Waals surface area (Å²) in [6.45, 7) is 8.02. The number of hydrogen-bond acceptors (Lipinski definition) is 3. The molecule has 2 aromatic rings. The van der Waals surface area contributed by atoms with Crippen LogP contribution in [0.25, 0.3) is 11.0 Å². The second-order valence-corrected chi connectivity index (χ2v) is 5.04. The van der Waals surface area contributed by atoms with Gasteiger partial charge in [-0.15, -0.1) is 0 Å². The Labute approximate surface area is 129 Å². The largest absolute Gasteiger partial charge is 0.347 e. The van der Waals surface area contributed by atoms with E-state index in [1.54, 1.807) is 0 Å². The molecule has 1 aromatic heterocycles. The molecular weight excluding hydrogens is 280 g/mol. The number of imidazole rings is 1. The molecule has 1 heterocycles. The van der Waals surface area contributed by atoms with Crippen LogP contribution in [0.15, 0.2) is 30.9 Å². The number of nitrogens with one attached hydrogen (secondary N) is 2. The van der Waals surface area contributed by atoms with Crippen LogP contribution in [-0.4, -0.2) is 39.8 Å². The summed E-state index contributed by atoms with van der Waals surface area (Å²) in [5.74, 6) is 0.206. The van der Waals surface area contributed by atoms with E-state index in [9.17, 15) is 9.59 Å². The fraction of sp³-hybridized carbons (Fsp3) is 0.312. The molecule has 22 heavy (non-hydrogen) atoms. The number of nitrogens with zero attached hydrogens (tertiary/aromatic N) is 2.